The van der Waals surface area contributed by atoms with Gasteiger partial charge >= 0.3 is 18.4 Å². The number of aryl methyl sites for hydroxylation is 1. The number of aromatic amines is 1. The molecule has 180 valence electrons. The lowest BCUT2D eigenvalue weighted by Crippen LogP contribution is -2.51. The predicted molar refractivity (Wildman–Crippen MR) is 105 cm³/mol. The second-order valence-electron chi connectivity index (χ2n) is 7.39. The van der Waals surface area contributed by atoms with E-state index >= 15 is 0 Å². The highest BCUT2D eigenvalue weighted by Gasteiger charge is 2.38. The summed E-state index contributed by atoms with van der Waals surface area (Å²) in [5.41, 5.74) is -3.48. The van der Waals surface area contributed by atoms with E-state index in [4.69, 9.17) is 4.74 Å². The number of nitrogens with zero attached hydrogens (tertiary/aromatic N) is 3. The molecule has 1 fully saturated rings. The lowest BCUT2D eigenvalue weighted by atomic mass is 10.0. The number of rotatable bonds is 3. The Kier molecular flexibility index (Phi) is 6.61. The van der Waals surface area contributed by atoms with Crippen molar-refractivity contribution >= 4 is 11.9 Å². The fourth-order valence-electron chi connectivity index (χ4n) is 3.64. The zero-order valence-electron chi connectivity index (χ0n) is 17.5. The molecule has 1 aliphatic rings. The van der Waals surface area contributed by atoms with E-state index in [-0.39, 0.29) is 43.2 Å². The Hall–Kier alpha value is -3.25. The maximum atomic E-state index is 13.3. The predicted octanol–water partition coefficient (Wildman–Crippen LogP) is 4.14. The number of anilines is 1. The van der Waals surface area contributed by atoms with Crippen molar-refractivity contribution in [1.82, 2.24) is 14.9 Å². The lowest BCUT2D eigenvalue weighted by molar-refractivity contribution is -0.139. The fraction of sp³-hybridized carbons (Fsp3) is 0.450. The largest absolute Gasteiger partial charge is 0.450 e. The summed E-state index contributed by atoms with van der Waals surface area (Å²) in [6, 6.07) is 0.600. The minimum absolute atomic E-state index is 0.00607. The number of carbonyl (C=O) groups is 1. The fourth-order valence-corrected chi connectivity index (χ4v) is 3.64. The van der Waals surface area contributed by atoms with Gasteiger partial charge in [0.1, 0.15) is 11.4 Å². The average molecular weight is 478 g/mol. The van der Waals surface area contributed by atoms with Gasteiger partial charge in [0.2, 0.25) is 0 Å². The summed E-state index contributed by atoms with van der Waals surface area (Å²) in [5, 5.41) is 0. The van der Waals surface area contributed by atoms with Gasteiger partial charge in [-0.25, -0.2) is 9.78 Å². The molecule has 1 N–H and O–H groups in total. The molecule has 1 aliphatic heterocycles. The van der Waals surface area contributed by atoms with E-state index in [2.05, 4.69) is 4.98 Å². The number of ether oxygens (including phenoxy) is 1. The number of hydrogen-bond donors (Lipinski definition) is 1. The quantitative estimate of drug-likeness (QED) is 0.672. The molecule has 33 heavy (non-hydrogen) atoms. The molecule has 2 aromatic rings. The average Bonchev–Trinajstić information content (AvgIpc) is 2.72. The lowest BCUT2D eigenvalue weighted by Gasteiger charge is -2.41. The van der Waals surface area contributed by atoms with Gasteiger partial charge < -0.3 is 14.6 Å². The summed E-state index contributed by atoms with van der Waals surface area (Å²) in [6.45, 7) is 3.12. The van der Waals surface area contributed by atoms with Crippen LogP contribution in [0, 0.1) is 6.92 Å². The van der Waals surface area contributed by atoms with E-state index in [1.54, 1.807) is 11.8 Å². The smallest absolute Gasteiger partial charge is 0.421 e. The maximum Gasteiger partial charge on any atom is 0.421 e. The van der Waals surface area contributed by atoms with Gasteiger partial charge in [0.05, 0.1) is 18.2 Å². The topological polar surface area (TPSA) is 78.5 Å². The molecular formula is C20H20F6N4O3. The van der Waals surface area contributed by atoms with Crippen molar-refractivity contribution in [3.8, 4) is 0 Å². The summed E-state index contributed by atoms with van der Waals surface area (Å²) in [5.74, 6) is 0.206. The molecule has 2 aromatic heterocycles. The maximum absolute atomic E-state index is 13.3. The highest BCUT2D eigenvalue weighted by molar-refractivity contribution is 5.69. The zero-order valence-corrected chi connectivity index (χ0v) is 17.5. The molecule has 3 heterocycles. The molecule has 1 amide bonds. The van der Waals surface area contributed by atoms with Crippen LogP contribution in [-0.2, 0) is 17.1 Å². The van der Waals surface area contributed by atoms with E-state index < -0.39 is 41.2 Å². The van der Waals surface area contributed by atoms with E-state index in [0.717, 1.165) is 12.3 Å². The van der Waals surface area contributed by atoms with Gasteiger partial charge in [-0.1, -0.05) is 0 Å². The Bertz CT molecular complexity index is 1080. The first kappa shape index (κ1) is 24.4. The summed E-state index contributed by atoms with van der Waals surface area (Å²) in [7, 11) is 0. The van der Waals surface area contributed by atoms with Crippen molar-refractivity contribution in [2.45, 2.75) is 32.2 Å². The van der Waals surface area contributed by atoms with Gasteiger partial charge in [0.15, 0.2) is 0 Å². The number of pyridine rings is 2. The molecule has 3 rings (SSSR count). The number of carbonyl (C=O) groups excluding carboxylic acids is 1. The zero-order chi connectivity index (χ0) is 24.6. The van der Waals surface area contributed by atoms with E-state index in [1.165, 1.54) is 11.8 Å². The SMILES string of the molecule is CCOC(=O)N1CCN(c2ncc(C(F)(F)F)cc2C)CC1c1c[nH]c(=O)c(C(F)(F)F)c1. The summed E-state index contributed by atoms with van der Waals surface area (Å²) >= 11 is 0. The molecule has 0 radical (unpaired) electrons. The number of H-pyrrole nitrogens is 1. The van der Waals surface area contributed by atoms with Crippen LogP contribution in [0.15, 0.2) is 29.3 Å². The third-order valence-corrected chi connectivity index (χ3v) is 5.18. The number of amides is 1. The van der Waals surface area contributed by atoms with Crippen molar-refractivity contribution in [2.24, 2.45) is 0 Å². The normalized spacial score (nSPS) is 17.3. The van der Waals surface area contributed by atoms with E-state index in [9.17, 15) is 35.9 Å². The van der Waals surface area contributed by atoms with Gasteiger partial charge in [-0.2, -0.15) is 26.3 Å². The van der Waals surface area contributed by atoms with Crippen LogP contribution in [0.25, 0.3) is 0 Å². The van der Waals surface area contributed by atoms with Crippen LogP contribution in [0.1, 0.15) is 35.2 Å². The van der Waals surface area contributed by atoms with Crippen molar-refractivity contribution in [3.63, 3.8) is 0 Å². The molecule has 1 unspecified atom stereocenters. The van der Waals surface area contributed by atoms with Gasteiger partial charge in [-0.05, 0) is 37.1 Å². The van der Waals surface area contributed by atoms with E-state index in [1.807, 2.05) is 4.98 Å². The number of nitrogens with one attached hydrogen (secondary N) is 1. The standard InChI is InChI=1S/C20H20F6N4O3/c1-3-33-18(32)30-5-4-29(16-11(2)6-13(9-27-16)19(21,22)23)10-15(30)12-7-14(20(24,25)26)17(31)28-8-12/h6-9,15H,3-5,10H2,1-2H3,(H,28,31). The van der Waals surface area contributed by atoms with Crippen LogP contribution in [0.4, 0.5) is 37.0 Å². The molecular weight excluding hydrogens is 458 g/mol. The number of hydrogen-bond acceptors (Lipinski definition) is 5. The summed E-state index contributed by atoms with van der Waals surface area (Å²) in [6.07, 6.45) is -8.51. The molecule has 0 saturated carbocycles. The molecule has 1 saturated heterocycles. The Labute approximate surface area is 184 Å². The molecule has 0 aromatic carbocycles. The van der Waals surface area contributed by atoms with Crippen molar-refractivity contribution < 1.29 is 35.9 Å². The first-order valence-corrected chi connectivity index (χ1v) is 9.85. The minimum atomic E-state index is -4.92. The van der Waals surface area contributed by atoms with Crippen LogP contribution in [0.3, 0.4) is 0 Å². The second-order valence-corrected chi connectivity index (χ2v) is 7.39. The Balaban J connectivity index is 2.00. The molecule has 0 bridgehead atoms. The van der Waals surface area contributed by atoms with Crippen molar-refractivity contribution in [3.05, 3.63) is 57.1 Å². The highest BCUT2D eigenvalue weighted by Crippen LogP contribution is 2.35. The molecule has 7 nitrogen and oxygen atoms in total. The number of piperazine rings is 1. The van der Waals surface area contributed by atoms with Gasteiger partial charge in [0, 0.05) is 32.0 Å². The first-order valence-electron chi connectivity index (χ1n) is 9.85. The third kappa shape index (κ3) is 5.22. The second kappa shape index (κ2) is 8.94. The van der Waals surface area contributed by atoms with Crippen LogP contribution in [0.2, 0.25) is 0 Å². The van der Waals surface area contributed by atoms with Gasteiger partial charge in [-0.15, -0.1) is 0 Å². The van der Waals surface area contributed by atoms with Crippen LogP contribution < -0.4 is 10.5 Å². The van der Waals surface area contributed by atoms with Crippen LogP contribution in [0.5, 0.6) is 0 Å². The monoisotopic (exact) mass is 478 g/mol. The number of alkyl halides is 6. The van der Waals surface area contributed by atoms with Crippen molar-refractivity contribution in [2.75, 3.05) is 31.1 Å². The molecule has 1 atom stereocenters. The van der Waals surface area contributed by atoms with Gasteiger partial charge in [0.25, 0.3) is 5.56 Å². The van der Waals surface area contributed by atoms with Crippen molar-refractivity contribution in [1.29, 1.82) is 0 Å². The van der Waals surface area contributed by atoms with E-state index in [0.29, 0.717) is 12.3 Å². The third-order valence-electron chi connectivity index (χ3n) is 5.18. The Morgan fingerprint density at radius 3 is 2.45 bits per heavy atom. The molecule has 0 spiro atoms. The number of aromatic nitrogens is 2. The Morgan fingerprint density at radius 2 is 1.88 bits per heavy atom. The van der Waals surface area contributed by atoms with Crippen LogP contribution >= 0.6 is 0 Å². The highest BCUT2D eigenvalue weighted by atomic mass is 19.4. The van der Waals surface area contributed by atoms with Crippen LogP contribution in [-0.4, -0.2) is 47.2 Å². The first-order chi connectivity index (χ1) is 15.3. The number of halogens is 6. The Morgan fingerprint density at radius 1 is 1.18 bits per heavy atom. The molecule has 13 heteroatoms. The van der Waals surface area contributed by atoms with Gasteiger partial charge in [-0.3, -0.25) is 9.69 Å². The minimum Gasteiger partial charge on any atom is -0.450 e. The molecule has 0 aliphatic carbocycles. The summed E-state index contributed by atoms with van der Waals surface area (Å²) < 4.78 is 83.7. The summed E-state index contributed by atoms with van der Waals surface area (Å²) in [4.78, 5) is 32.9.